The Balaban J connectivity index is 3.01. The number of carbonyl (C=O) groups is 1. The zero-order valence-electron chi connectivity index (χ0n) is 6.74. The van der Waals surface area contributed by atoms with Crippen molar-refractivity contribution in [3.05, 3.63) is 36.2 Å². The van der Waals surface area contributed by atoms with Crippen LogP contribution in [-0.4, -0.2) is 16.1 Å². The minimum atomic E-state index is -1.01. The van der Waals surface area contributed by atoms with E-state index in [1.165, 1.54) is 12.3 Å². The Labute approximate surface area is 70.4 Å². The van der Waals surface area contributed by atoms with Crippen molar-refractivity contribution >= 4 is 11.5 Å². The monoisotopic (exact) mass is 163 g/mol. The predicted molar refractivity (Wildman–Crippen MR) is 45.9 cm³/mol. The van der Waals surface area contributed by atoms with Crippen molar-refractivity contribution < 1.29 is 9.90 Å². The second-order valence-corrected chi connectivity index (χ2v) is 2.52. The highest BCUT2D eigenvalue weighted by Gasteiger charge is 2.02. The Morgan fingerprint density at radius 1 is 1.58 bits per heavy atom. The molecule has 0 spiro atoms. The van der Waals surface area contributed by atoms with Gasteiger partial charge < -0.3 is 5.11 Å². The molecular weight excluding hydrogens is 154 g/mol. The first-order valence-electron chi connectivity index (χ1n) is 3.46. The summed E-state index contributed by atoms with van der Waals surface area (Å²) in [6.07, 6.45) is 1.51. The fourth-order valence-electron chi connectivity index (χ4n) is 0.773. The van der Waals surface area contributed by atoms with Gasteiger partial charge in [-0.2, -0.15) is 0 Å². The smallest absolute Gasteiger partial charge is 0.354 e. The molecule has 0 aromatic carbocycles. The molecule has 1 rings (SSSR count). The summed E-state index contributed by atoms with van der Waals surface area (Å²) in [5.74, 6) is -1.01. The zero-order chi connectivity index (χ0) is 9.14. The van der Waals surface area contributed by atoms with Gasteiger partial charge in [0.25, 0.3) is 0 Å². The lowest BCUT2D eigenvalue weighted by Gasteiger charge is -1.98. The van der Waals surface area contributed by atoms with Crippen LogP contribution in [0.4, 0.5) is 0 Å². The van der Waals surface area contributed by atoms with Crippen molar-refractivity contribution in [2.75, 3.05) is 0 Å². The molecule has 0 aliphatic carbocycles. The van der Waals surface area contributed by atoms with Crippen molar-refractivity contribution in [3.8, 4) is 0 Å². The molecule has 3 nitrogen and oxygen atoms in total. The highest BCUT2D eigenvalue weighted by molar-refractivity contribution is 5.85. The van der Waals surface area contributed by atoms with E-state index >= 15 is 0 Å². The van der Waals surface area contributed by atoms with E-state index in [0.717, 1.165) is 11.1 Å². The molecule has 0 amide bonds. The summed E-state index contributed by atoms with van der Waals surface area (Å²) in [6.45, 7) is 5.56. The van der Waals surface area contributed by atoms with Crippen LogP contribution in [0.5, 0.6) is 0 Å². The number of rotatable bonds is 2. The highest BCUT2D eigenvalue weighted by Crippen LogP contribution is 2.09. The third kappa shape index (κ3) is 1.69. The molecule has 0 atom stereocenters. The van der Waals surface area contributed by atoms with Gasteiger partial charge in [0.15, 0.2) is 0 Å². The Bertz CT molecular complexity index is 281. The van der Waals surface area contributed by atoms with Gasteiger partial charge in [0, 0.05) is 6.20 Å². The zero-order valence-corrected chi connectivity index (χ0v) is 6.74. The number of hydrogen-bond acceptors (Lipinski definition) is 2. The molecule has 3 heteroatoms. The van der Waals surface area contributed by atoms with Gasteiger partial charge in [0.1, 0.15) is 5.69 Å². The van der Waals surface area contributed by atoms with Crippen LogP contribution in [-0.2, 0) is 0 Å². The Hall–Kier alpha value is -1.64. The molecule has 1 aromatic rings. The van der Waals surface area contributed by atoms with Gasteiger partial charge in [-0.1, -0.05) is 12.6 Å². The number of nitrogens with zero attached hydrogens (tertiary/aromatic N) is 1. The van der Waals surface area contributed by atoms with Crippen molar-refractivity contribution in [1.82, 2.24) is 4.98 Å². The Morgan fingerprint density at radius 3 is 2.58 bits per heavy atom. The topological polar surface area (TPSA) is 50.2 Å². The fraction of sp³-hybridized carbons (Fsp3) is 0.111. The summed E-state index contributed by atoms with van der Waals surface area (Å²) in [6, 6.07) is 3.16. The first-order chi connectivity index (χ1) is 5.61. The number of aromatic nitrogens is 1. The minimum absolute atomic E-state index is 0.0556. The molecule has 0 radical (unpaired) electrons. The maximum atomic E-state index is 10.4. The maximum Gasteiger partial charge on any atom is 0.354 e. The first-order valence-corrected chi connectivity index (χ1v) is 3.46. The summed E-state index contributed by atoms with van der Waals surface area (Å²) in [7, 11) is 0. The summed E-state index contributed by atoms with van der Waals surface area (Å²) >= 11 is 0. The van der Waals surface area contributed by atoms with Gasteiger partial charge in [-0.15, -0.1) is 0 Å². The number of pyridine rings is 1. The van der Waals surface area contributed by atoms with Gasteiger partial charge in [0.05, 0.1) is 0 Å². The Morgan fingerprint density at radius 2 is 2.25 bits per heavy atom. The van der Waals surface area contributed by atoms with E-state index < -0.39 is 5.97 Å². The highest BCUT2D eigenvalue weighted by atomic mass is 16.4. The van der Waals surface area contributed by atoms with E-state index in [4.69, 9.17) is 5.11 Å². The van der Waals surface area contributed by atoms with E-state index in [1.54, 1.807) is 6.07 Å². The molecule has 0 unspecified atom stereocenters. The molecular formula is C9H9NO2. The normalized spacial score (nSPS) is 9.42. The van der Waals surface area contributed by atoms with Gasteiger partial charge in [-0.25, -0.2) is 9.78 Å². The van der Waals surface area contributed by atoms with Gasteiger partial charge in [0.2, 0.25) is 0 Å². The number of carboxylic acid groups (broad SMARTS) is 1. The lowest BCUT2D eigenvalue weighted by Crippen LogP contribution is -1.99. The third-order valence-corrected chi connectivity index (χ3v) is 1.48. The third-order valence-electron chi connectivity index (χ3n) is 1.48. The predicted octanol–water partition coefficient (Wildman–Crippen LogP) is 1.81. The van der Waals surface area contributed by atoms with Crippen LogP contribution in [0.25, 0.3) is 5.57 Å². The maximum absolute atomic E-state index is 10.4. The molecule has 0 saturated carbocycles. The van der Waals surface area contributed by atoms with Crippen LogP contribution < -0.4 is 0 Å². The summed E-state index contributed by atoms with van der Waals surface area (Å²) in [5.41, 5.74) is 1.79. The molecule has 0 saturated heterocycles. The molecule has 1 heterocycles. The lowest BCUT2D eigenvalue weighted by molar-refractivity contribution is 0.0690. The summed E-state index contributed by atoms with van der Waals surface area (Å²) in [4.78, 5) is 14.1. The molecule has 12 heavy (non-hydrogen) atoms. The standard InChI is InChI=1S/C9H9NO2/c1-6(2)7-3-4-8(9(11)12)10-5-7/h3-5H,1H2,2H3,(H,11,12). The van der Waals surface area contributed by atoms with E-state index in [-0.39, 0.29) is 5.69 Å². The van der Waals surface area contributed by atoms with Crippen LogP contribution in [0.3, 0.4) is 0 Å². The lowest BCUT2D eigenvalue weighted by atomic mass is 10.1. The number of aromatic carboxylic acids is 1. The largest absolute Gasteiger partial charge is 0.477 e. The van der Waals surface area contributed by atoms with Gasteiger partial charge in [-0.3, -0.25) is 0 Å². The van der Waals surface area contributed by atoms with Crippen molar-refractivity contribution in [1.29, 1.82) is 0 Å². The first kappa shape index (κ1) is 8.46. The van der Waals surface area contributed by atoms with Crippen molar-refractivity contribution in [2.45, 2.75) is 6.92 Å². The summed E-state index contributed by atoms with van der Waals surface area (Å²) in [5, 5.41) is 8.53. The molecule has 0 fully saturated rings. The second kappa shape index (κ2) is 3.17. The van der Waals surface area contributed by atoms with E-state index in [9.17, 15) is 4.79 Å². The number of allylic oxidation sites excluding steroid dienone is 1. The molecule has 1 N–H and O–H groups in total. The SMILES string of the molecule is C=C(C)c1ccc(C(=O)O)nc1. The molecule has 0 aliphatic heterocycles. The number of hydrogen-bond donors (Lipinski definition) is 1. The van der Waals surface area contributed by atoms with Crippen LogP contribution >= 0.6 is 0 Å². The van der Waals surface area contributed by atoms with Gasteiger partial charge >= 0.3 is 5.97 Å². The summed E-state index contributed by atoms with van der Waals surface area (Å²) < 4.78 is 0. The van der Waals surface area contributed by atoms with Crippen LogP contribution in [0, 0.1) is 0 Å². The molecule has 0 bridgehead atoms. The second-order valence-electron chi connectivity index (χ2n) is 2.52. The van der Waals surface area contributed by atoms with Crippen molar-refractivity contribution in [3.63, 3.8) is 0 Å². The van der Waals surface area contributed by atoms with Gasteiger partial charge in [-0.05, 0) is 24.1 Å². The molecule has 62 valence electrons. The molecule has 0 aliphatic rings. The quantitative estimate of drug-likeness (QED) is 0.723. The average Bonchev–Trinajstić information content (AvgIpc) is 2.04. The molecule has 1 aromatic heterocycles. The Kier molecular flexibility index (Phi) is 2.24. The number of carboxylic acids is 1. The average molecular weight is 163 g/mol. The van der Waals surface area contributed by atoms with Crippen LogP contribution in [0.15, 0.2) is 24.9 Å². The van der Waals surface area contributed by atoms with Crippen LogP contribution in [0.1, 0.15) is 23.0 Å². The van der Waals surface area contributed by atoms with Crippen molar-refractivity contribution in [2.24, 2.45) is 0 Å². The van der Waals surface area contributed by atoms with Crippen LogP contribution in [0.2, 0.25) is 0 Å². The van der Waals surface area contributed by atoms with E-state index in [1.807, 2.05) is 6.92 Å². The van der Waals surface area contributed by atoms with E-state index in [2.05, 4.69) is 11.6 Å². The fourth-order valence-corrected chi connectivity index (χ4v) is 0.773. The van der Waals surface area contributed by atoms with E-state index in [0.29, 0.717) is 0 Å². The minimum Gasteiger partial charge on any atom is -0.477 e.